The normalized spacial score (nSPS) is 14.0. The molecule has 0 saturated carbocycles. The van der Waals surface area contributed by atoms with Crippen LogP contribution >= 0.6 is 0 Å². The van der Waals surface area contributed by atoms with E-state index in [1.54, 1.807) is 33.5 Å². The Morgan fingerprint density at radius 3 is 2.41 bits per heavy atom. The van der Waals surface area contributed by atoms with E-state index >= 15 is 0 Å². The second-order valence-corrected chi connectivity index (χ2v) is 10.2. The van der Waals surface area contributed by atoms with Crippen LogP contribution in [0.4, 0.5) is 5.69 Å². The molecule has 3 rings (SSSR count). The van der Waals surface area contributed by atoms with Gasteiger partial charge >= 0.3 is 0 Å². The predicted octanol–water partition coefficient (Wildman–Crippen LogP) is 4.22. The van der Waals surface area contributed by atoms with Gasteiger partial charge in [0.05, 0.1) is 33.1 Å². The number of anilines is 1. The highest BCUT2D eigenvalue weighted by Crippen LogP contribution is 2.50. The average molecular weight is 540 g/mol. The van der Waals surface area contributed by atoms with Gasteiger partial charge in [-0.3, -0.25) is 14.4 Å². The third-order valence-electron chi connectivity index (χ3n) is 6.86. The van der Waals surface area contributed by atoms with Crippen LogP contribution in [-0.2, 0) is 16.0 Å². The minimum atomic E-state index is -0.367. The maximum atomic E-state index is 13.3. The minimum Gasteiger partial charge on any atom is -0.493 e. The molecule has 2 aromatic carbocycles. The summed E-state index contributed by atoms with van der Waals surface area (Å²) in [5, 5.41) is 9.14. The summed E-state index contributed by atoms with van der Waals surface area (Å²) in [6.45, 7) is 6.86. The Bertz CT molecular complexity index is 1240. The largest absolute Gasteiger partial charge is 0.493 e. The standard InChI is InChI=1S/C30H41N3O6/c1-18(2)13-15-32-27(36)8-7-14-31-24-12-10-21-22(17-25(24)35)23(33-19(3)34)11-9-20-16-26(37-4)29(38-5)30(39-6)28(20)21/h10,12,16-18,23H,7-9,11,13-15H2,1-6H3,(H,31,35)(H,32,36)(H,33,34). The third kappa shape index (κ3) is 7.43. The molecule has 3 N–H and O–H groups in total. The van der Waals surface area contributed by atoms with Gasteiger partial charge in [0.15, 0.2) is 11.5 Å². The highest BCUT2D eigenvalue weighted by atomic mass is 16.5. The van der Waals surface area contributed by atoms with Crippen LogP contribution in [0, 0.1) is 5.92 Å². The number of methoxy groups -OCH3 is 3. The molecule has 0 spiro atoms. The SMILES string of the molecule is COc1cc2c(c(OC)c1OC)-c1ccc(NCCCC(=O)NCCC(C)C)c(=O)cc1C(NC(C)=O)CC2. The summed E-state index contributed by atoms with van der Waals surface area (Å²) >= 11 is 0. The first kappa shape index (κ1) is 29.8. The number of ether oxygens (including phenoxy) is 3. The van der Waals surface area contributed by atoms with E-state index < -0.39 is 0 Å². The topological polar surface area (TPSA) is 115 Å². The summed E-state index contributed by atoms with van der Waals surface area (Å²) in [6, 6.07) is 6.77. The molecule has 39 heavy (non-hydrogen) atoms. The monoisotopic (exact) mass is 539 g/mol. The summed E-state index contributed by atoms with van der Waals surface area (Å²) in [5.74, 6) is 1.89. The smallest absolute Gasteiger partial charge is 0.220 e. The summed E-state index contributed by atoms with van der Waals surface area (Å²) < 4.78 is 17.0. The van der Waals surface area contributed by atoms with Gasteiger partial charge in [0.2, 0.25) is 23.0 Å². The lowest BCUT2D eigenvalue weighted by atomic mass is 9.95. The van der Waals surface area contributed by atoms with Crippen LogP contribution in [0.5, 0.6) is 17.2 Å². The highest BCUT2D eigenvalue weighted by Gasteiger charge is 2.29. The Morgan fingerprint density at radius 2 is 1.77 bits per heavy atom. The molecular weight excluding hydrogens is 498 g/mol. The van der Waals surface area contributed by atoms with E-state index in [1.807, 2.05) is 12.1 Å². The molecule has 212 valence electrons. The van der Waals surface area contributed by atoms with Gasteiger partial charge in [-0.25, -0.2) is 0 Å². The van der Waals surface area contributed by atoms with Crippen LogP contribution in [0.1, 0.15) is 63.6 Å². The van der Waals surface area contributed by atoms with E-state index in [4.69, 9.17) is 14.2 Å². The molecule has 0 aliphatic heterocycles. The fraction of sp³-hybridized carbons (Fsp3) is 0.500. The van der Waals surface area contributed by atoms with Crippen molar-refractivity contribution in [2.45, 2.75) is 58.9 Å². The molecule has 2 aromatic rings. The first-order valence-corrected chi connectivity index (χ1v) is 13.5. The van der Waals surface area contributed by atoms with Crippen molar-refractivity contribution in [3.8, 4) is 28.4 Å². The minimum absolute atomic E-state index is 0.0105. The fourth-order valence-corrected chi connectivity index (χ4v) is 4.91. The van der Waals surface area contributed by atoms with Gasteiger partial charge in [0.1, 0.15) is 0 Å². The van der Waals surface area contributed by atoms with E-state index in [-0.39, 0.29) is 23.3 Å². The summed E-state index contributed by atoms with van der Waals surface area (Å²) in [4.78, 5) is 37.5. The molecule has 0 radical (unpaired) electrons. The molecule has 1 atom stereocenters. The Labute approximate surface area is 230 Å². The molecule has 9 heteroatoms. The Hall–Kier alpha value is -3.75. The molecular formula is C30H41N3O6. The Kier molecular flexibility index (Phi) is 10.6. The van der Waals surface area contributed by atoms with Crippen molar-refractivity contribution in [3.05, 3.63) is 45.6 Å². The Balaban J connectivity index is 1.96. The molecule has 0 heterocycles. The number of hydrogen-bond donors (Lipinski definition) is 3. The van der Waals surface area contributed by atoms with Crippen LogP contribution in [0.2, 0.25) is 0 Å². The molecule has 9 nitrogen and oxygen atoms in total. The van der Waals surface area contributed by atoms with Gasteiger partial charge in [-0.05, 0) is 66.5 Å². The molecule has 2 amide bonds. The number of carbonyl (C=O) groups is 2. The number of benzene rings is 1. The predicted molar refractivity (Wildman–Crippen MR) is 153 cm³/mol. The summed E-state index contributed by atoms with van der Waals surface area (Å²) in [7, 11) is 4.70. The van der Waals surface area contributed by atoms with E-state index in [0.29, 0.717) is 73.2 Å². The van der Waals surface area contributed by atoms with E-state index in [0.717, 1.165) is 23.1 Å². The zero-order valence-corrected chi connectivity index (χ0v) is 23.9. The third-order valence-corrected chi connectivity index (χ3v) is 6.86. The zero-order chi connectivity index (χ0) is 28.5. The van der Waals surface area contributed by atoms with Gasteiger partial charge < -0.3 is 30.2 Å². The number of aryl methyl sites for hydroxylation is 1. The first-order valence-electron chi connectivity index (χ1n) is 13.5. The van der Waals surface area contributed by atoms with Gasteiger partial charge in [-0.15, -0.1) is 0 Å². The molecule has 1 aliphatic rings. The Morgan fingerprint density at radius 1 is 1.03 bits per heavy atom. The van der Waals surface area contributed by atoms with Crippen molar-refractivity contribution < 1.29 is 23.8 Å². The van der Waals surface area contributed by atoms with Gasteiger partial charge in [0.25, 0.3) is 0 Å². The first-order chi connectivity index (χ1) is 18.7. The van der Waals surface area contributed by atoms with Crippen molar-refractivity contribution in [3.63, 3.8) is 0 Å². The second-order valence-electron chi connectivity index (χ2n) is 10.2. The van der Waals surface area contributed by atoms with Gasteiger partial charge in [0, 0.05) is 32.0 Å². The number of hydrogen-bond acceptors (Lipinski definition) is 7. The van der Waals surface area contributed by atoms with Crippen molar-refractivity contribution >= 4 is 17.5 Å². The average Bonchev–Trinajstić information content (AvgIpc) is 3.13. The van der Waals surface area contributed by atoms with E-state index in [1.165, 1.54) is 6.92 Å². The second kappa shape index (κ2) is 13.9. The highest BCUT2D eigenvalue weighted by molar-refractivity contribution is 5.83. The lowest BCUT2D eigenvalue weighted by Crippen LogP contribution is -2.26. The molecule has 0 bridgehead atoms. The maximum absolute atomic E-state index is 13.3. The number of carbonyl (C=O) groups excluding carboxylic acids is 2. The van der Waals surface area contributed by atoms with Crippen molar-refractivity contribution in [1.29, 1.82) is 0 Å². The number of amides is 2. The van der Waals surface area contributed by atoms with Gasteiger partial charge in [-0.1, -0.05) is 19.9 Å². The quantitative estimate of drug-likeness (QED) is 0.346. The molecule has 1 unspecified atom stereocenters. The molecule has 0 aromatic heterocycles. The molecule has 0 fully saturated rings. The van der Waals surface area contributed by atoms with Crippen molar-refractivity contribution in [2.24, 2.45) is 5.92 Å². The van der Waals surface area contributed by atoms with Crippen LogP contribution in [-0.4, -0.2) is 46.2 Å². The van der Waals surface area contributed by atoms with Crippen LogP contribution in [0.15, 0.2) is 29.1 Å². The van der Waals surface area contributed by atoms with Crippen LogP contribution < -0.4 is 35.6 Å². The molecule has 1 aliphatic carbocycles. The maximum Gasteiger partial charge on any atom is 0.220 e. The lowest BCUT2D eigenvalue weighted by Gasteiger charge is -2.19. The van der Waals surface area contributed by atoms with E-state index in [9.17, 15) is 14.4 Å². The number of fused-ring (bicyclic) bond motifs is 3. The zero-order valence-electron chi connectivity index (χ0n) is 23.9. The lowest BCUT2D eigenvalue weighted by molar-refractivity contribution is -0.121. The van der Waals surface area contributed by atoms with Gasteiger partial charge in [-0.2, -0.15) is 0 Å². The van der Waals surface area contributed by atoms with Crippen molar-refractivity contribution in [1.82, 2.24) is 10.6 Å². The molecule has 0 saturated heterocycles. The number of nitrogens with one attached hydrogen (secondary N) is 3. The fourth-order valence-electron chi connectivity index (χ4n) is 4.91. The van der Waals surface area contributed by atoms with E-state index in [2.05, 4.69) is 29.8 Å². The van der Waals surface area contributed by atoms with Crippen molar-refractivity contribution in [2.75, 3.05) is 39.7 Å². The number of rotatable bonds is 12. The summed E-state index contributed by atoms with van der Waals surface area (Å²) in [6.07, 6.45) is 3.14. The van der Waals surface area contributed by atoms with Crippen LogP contribution in [0.25, 0.3) is 11.1 Å². The summed E-state index contributed by atoms with van der Waals surface area (Å²) in [5.41, 5.74) is 3.47. The van der Waals surface area contributed by atoms with Crippen LogP contribution in [0.3, 0.4) is 0 Å².